The molecule has 4 N–H and O–H groups in total. The molecular weight excluding hydrogens is 106 g/mol. The van der Waals surface area contributed by atoms with Crippen molar-refractivity contribution in [3.63, 3.8) is 0 Å². The maximum absolute atomic E-state index is 8.71. The van der Waals surface area contributed by atoms with Gasteiger partial charge in [-0.05, 0) is 12.1 Å². The van der Waals surface area contributed by atoms with E-state index in [0.29, 0.717) is 5.76 Å². The topological polar surface area (TPSA) is 61.0 Å². The Morgan fingerprint density at radius 1 is 1.75 bits per heavy atom. The molecule has 1 atom stereocenters. The van der Waals surface area contributed by atoms with Crippen molar-refractivity contribution in [1.29, 1.82) is 0 Å². The Bertz CT molecular complexity index is 145. The van der Waals surface area contributed by atoms with Crippen LogP contribution in [0.5, 0.6) is 0 Å². The Kier molecular flexibility index (Phi) is 1.32. The zero-order chi connectivity index (χ0) is 5.98. The van der Waals surface area contributed by atoms with Gasteiger partial charge in [0.15, 0.2) is 5.76 Å². The molecule has 3 heteroatoms. The molecule has 1 heterocycles. The van der Waals surface area contributed by atoms with Gasteiger partial charge in [0.2, 0.25) is 6.23 Å². The summed E-state index contributed by atoms with van der Waals surface area (Å²) in [6.07, 6.45) is 0.772. The fourth-order valence-corrected chi connectivity index (χ4v) is 0.481. The molecule has 0 aliphatic heterocycles. The van der Waals surface area contributed by atoms with Gasteiger partial charge in [-0.25, -0.2) is 0 Å². The molecule has 1 aromatic rings. The third kappa shape index (κ3) is 0.882. The highest BCUT2D eigenvalue weighted by atomic mass is 16.4. The standard InChI is InChI=1S/C5H7NO2/c6-5(7)4-2-1-3-8-4/h1-3,5,7H,6H2/p+1. The van der Waals surface area contributed by atoms with Gasteiger partial charge in [-0.15, -0.1) is 0 Å². The average molecular weight is 114 g/mol. The van der Waals surface area contributed by atoms with E-state index in [1.807, 2.05) is 0 Å². The summed E-state index contributed by atoms with van der Waals surface area (Å²) in [5, 5.41) is 8.71. The zero-order valence-electron chi connectivity index (χ0n) is 4.37. The summed E-state index contributed by atoms with van der Waals surface area (Å²) in [6, 6.07) is 3.39. The van der Waals surface area contributed by atoms with Gasteiger partial charge < -0.3 is 15.3 Å². The minimum atomic E-state index is -0.731. The van der Waals surface area contributed by atoms with E-state index >= 15 is 0 Å². The molecule has 0 aromatic carbocycles. The van der Waals surface area contributed by atoms with E-state index in [0.717, 1.165) is 0 Å². The average Bonchev–Trinajstić information content (AvgIpc) is 2.12. The van der Waals surface area contributed by atoms with E-state index in [4.69, 9.17) is 9.52 Å². The van der Waals surface area contributed by atoms with Crippen LogP contribution < -0.4 is 5.73 Å². The lowest BCUT2D eigenvalue weighted by atomic mass is 10.4. The molecule has 0 fully saturated rings. The Morgan fingerprint density at radius 3 is 2.75 bits per heavy atom. The number of hydrogen-bond acceptors (Lipinski definition) is 2. The van der Waals surface area contributed by atoms with Crippen molar-refractivity contribution < 1.29 is 15.3 Å². The molecule has 0 saturated heterocycles. The molecule has 0 aliphatic carbocycles. The summed E-state index contributed by atoms with van der Waals surface area (Å²) in [4.78, 5) is 0. The van der Waals surface area contributed by atoms with Gasteiger partial charge in [-0.1, -0.05) is 0 Å². The molecule has 1 aromatic heterocycles. The van der Waals surface area contributed by atoms with Crippen LogP contribution in [0.1, 0.15) is 12.0 Å². The first-order valence-corrected chi connectivity index (χ1v) is 2.35. The molecular formula is C5H8NO2+. The number of quaternary nitrogens is 1. The molecule has 44 valence electrons. The molecule has 0 radical (unpaired) electrons. The molecule has 0 amide bonds. The minimum absolute atomic E-state index is 0.505. The smallest absolute Gasteiger partial charge is 0.246 e. The first kappa shape index (κ1) is 5.34. The predicted molar refractivity (Wildman–Crippen MR) is 26.6 cm³/mol. The Balaban J connectivity index is 2.77. The molecule has 3 nitrogen and oxygen atoms in total. The summed E-state index contributed by atoms with van der Waals surface area (Å²) >= 11 is 0. The van der Waals surface area contributed by atoms with E-state index < -0.39 is 6.23 Å². The van der Waals surface area contributed by atoms with Crippen LogP contribution in [0, 0.1) is 0 Å². The van der Waals surface area contributed by atoms with Gasteiger partial charge in [0, 0.05) is 0 Å². The van der Waals surface area contributed by atoms with Crippen LogP contribution in [0.25, 0.3) is 0 Å². The lowest BCUT2D eigenvalue weighted by molar-refractivity contribution is -0.494. The molecule has 1 rings (SSSR count). The third-order valence-electron chi connectivity index (χ3n) is 0.872. The van der Waals surface area contributed by atoms with Crippen molar-refractivity contribution in [3.8, 4) is 0 Å². The highest BCUT2D eigenvalue weighted by Crippen LogP contribution is 2.03. The van der Waals surface area contributed by atoms with Gasteiger partial charge in [0.1, 0.15) is 0 Å². The van der Waals surface area contributed by atoms with E-state index in [1.165, 1.54) is 6.26 Å². The Hall–Kier alpha value is -0.800. The number of aliphatic hydroxyl groups is 1. The maximum Gasteiger partial charge on any atom is 0.246 e. The molecule has 1 unspecified atom stereocenters. The van der Waals surface area contributed by atoms with E-state index in [-0.39, 0.29) is 0 Å². The highest BCUT2D eigenvalue weighted by molar-refractivity contribution is 4.97. The maximum atomic E-state index is 8.71. The first-order chi connectivity index (χ1) is 3.80. The van der Waals surface area contributed by atoms with Crippen molar-refractivity contribution in [3.05, 3.63) is 24.2 Å². The summed E-state index contributed by atoms with van der Waals surface area (Å²) in [7, 11) is 0. The quantitative estimate of drug-likeness (QED) is 0.484. The lowest BCUT2D eigenvalue weighted by Gasteiger charge is -1.91. The largest absolute Gasteiger partial charge is 0.460 e. The second kappa shape index (κ2) is 1.98. The molecule has 8 heavy (non-hydrogen) atoms. The molecule has 0 bridgehead atoms. The van der Waals surface area contributed by atoms with Gasteiger partial charge in [-0.3, -0.25) is 0 Å². The van der Waals surface area contributed by atoms with E-state index in [2.05, 4.69) is 5.73 Å². The zero-order valence-corrected chi connectivity index (χ0v) is 4.37. The highest BCUT2D eigenvalue weighted by Gasteiger charge is 2.04. The van der Waals surface area contributed by atoms with Crippen LogP contribution in [-0.4, -0.2) is 5.11 Å². The number of hydrogen-bond donors (Lipinski definition) is 2. The van der Waals surface area contributed by atoms with Crippen molar-refractivity contribution in [2.75, 3.05) is 0 Å². The first-order valence-electron chi connectivity index (χ1n) is 2.35. The normalized spacial score (nSPS) is 13.8. The lowest BCUT2D eigenvalue weighted by Crippen LogP contribution is -2.53. The monoisotopic (exact) mass is 114 g/mol. The van der Waals surface area contributed by atoms with Crippen LogP contribution in [0.4, 0.5) is 0 Å². The van der Waals surface area contributed by atoms with E-state index in [1.54, 1.807) is 12.1 Å². The fourth-order valence-electron chi connectivity index (χ4n) is 0.481. The van der Waals surface area contributed by atoms with E-state index in [9.17, 15) is 0 Å². The second-order valence-corrected chi connectivity index (χ2v) is 1.53. The minimum Gasteiger partial charge on any atom is -0.460 e. The second-order valence-electron chi connectivity index (χ2n) is 1.53. The third-order valence-corrected chi connectivity index (χ3v) is 0.872. The van der Waals surface area contributed by atoms with Gasteiger partial charge in [0.25, 0.3) is 0 Å². The van der Waals surface area contributed by atoms with Crippen LogP contribution in [0.3, 0.4) is 0 Å². The summed E-state index contributed by atoms with van der Waals surface area (Å²) in [5.41, 5.74) is 3.34. The van der Waals surface area contributed by atoms with Gasteiger partial charge in [-0.2, -0.15) is 0 Å². The van der Waals surface area contributed by atoms with Crippen LogP contribution in [0.15, 0.2) is 22.8 Å². The SMILES string of the molecule is [NH3+]C(O)c1ccco1. The van der Waals surface area contributed by atoms with Gasteiger partial charge in [0.05, 0.1) is 6.26 Å². The van der Waals surface area contributed by atoms with Crippen molar-refractivity contribution in [2.45, 2.75) is 6.23 Å². The summed E-state index contributed by atoms with van der Waals surface area (Å²) in [5.74, 6) is 0.505. The summed E-state index contributed by atoms with van der Waals surface area (Å²) in [6.45, 7) is 0. The number of furan rings is 1. The summed E-state index contributed by atoms with van der Waals surface area (Å²) < 4.78 is 4.78. The Morgan fingerprint density at radius 2 is 2.50 bits per heavy atom. The van der Waals surface area contributed by atoms with Crippen LogP contribution in [-0.2, 0) is 0 Å². The molecule has 0 aliphatic rings. The molecule has 0 spiro atoms. The number of rotatable bonds is 1. The Labute approximate surface area is 46.7 Å². The van der Waals surface area contributed by atoms with Crippen LogP contribution in [0.2, 0.25) is 0 Å². The predicted octanol–water partition coefficient (Wildman–Crippen LogP) is -0.488. The van der Waals surface area contributed by atoms with Crippen LogP contribution >= 0.6 is 0 Å². The molecule has 0 saturated carbocycles. The van der Waals surface area contributed by atoms with Gasteiger partial charge >= 0.3 is 0 Å². The number of aliphatic hydroxyl groups excluding tert-OH is 1. The van der Waals surface area contributed by atoms with Crippen molar-refractivity contribution >= 4 is 0 Å². The van der Waals surface area contributed by atoms with Crippen molar-refractivity contribution in [1.82, 2.24) is 0 Å². The fraction of sp³-hybridized carbons (Fsp3) is 0.200. The van der Waals surface area contributed by atoms with Crippen molar-refractivity contribution in [2.24, 2.45) is 0 Å².